The summed E-state index contributed by atoms with van der Waals surface area (Å²) in [6.45, 7) is 6.27. The van der Waals surface area contributed by atoms with Crippen molar-refractivity contribution < 1.29 is 19.8 Å². The summed E-state index contributed by atoms with van der Waals surface area (Å²) in [5.74, 6) is -2.52. The first kappa shape index (κ1) is 14.0. The Kier molecular flexibility index (Phi) is 4.17. The van der Waals surface area contributed by atoms with Crippen molar-refractivity contribution in [2.24, 2.45) is 23.2 Å². The van der Waals surface area contributed by atoms with Gasteiger partial charge in [-0.1, -0.05) is 27.2 Å². The fourth-order valence-electron chi connectivity index (χ4n) is 2.65. The van der Waals surface area contributed by atoms with Crippen LogP contribution in [0.15, 0.2) is 0 Å². The summed E-state index contributed by atoms with van der Waals surface area (Å²) in [5.41, 5.74) is 0.0157. The standard InChI is InChI=1S/C13H22O4/c1-4-13(2,3)10-6-8(11(14)15)5-9(7-10)12(16)17/h8-10H,4-7H2,1-3H3,(H,14,15)(H,16,17). The highest BCUT2D eigenvalue weighted by Crippen LogP contribution is 2.44. The van der Waals surface area contributed by atoms with Crippen molar-refractivity contribution in [3.8, 4) is 0 Å². The molecule has 1 fully saturated rings. The van der Waals surface area contributed by atoms with Crippen LogP contribution < -0.4 is 0 Å². The largest absolute Gasteiger partial charge is 0.481 e. The molecule has 4 nitrogen and oxygen atoms in total. The molecule has 0 bridgehead atoms. The lowest BCUT2D eigenvalue weighted by Gasteiger charge is -2.40. The van der Waals surface area contributed by atoms with Crippen molar-refractivity contribution in [2.45, 2.75) is 46.5 Å². The Morgan fingerprint density at radius 2 is 1.47 bits per heavy atom. The normalized spacial score (nSPS) is 29.9. The van der Waals surface area contributed by atoms with E-state index in [-0.39, 0.29) is 17.8 Å². The summed E-state index contributed by atoms with van der Waals surface area (Å²) in [6, 6.07) is 0. The lowest BCUT2D eigenvalue weighted by Crippen LogP contribution is -2.37. The number of rotatable bonds is 4. The van der Waals surface area contributed by atoms with E-state index in [4.69, 9.17) is 10.2 Å². The van der Waals surface area contributed by atoms with Crippen molar-refractivity contribution in [1.82, 2.24) is 0 Å². The highest BCUT2D eigenvalue weighted by Gasteiger charge is 2.41. The first-order chi connectivity index (χ1) is 7.77. The molecule has 0 heterocycles. The highest BCUT2D eigenvalue weighted by molar-refractivity contribution is 5.74. The molecule has 0 radical (unpaired) electrons. The molecule has 0 amide bonds. The lowest BCUT2D eigenvalue weighted by molar-refractivity contribution is -0.150. The monoisotopic (exact) mass is 242 g/mol. The molecule has 0 aliphatic heterocycles. The predicted molar refractivity (Wildman–Crippen MR) is 63.7 cm³/mol. The SMILES string of the molecule is CCC(C)(C)C1CC(C(=O)O)CC(C(=O)O)C1. The second-order valence-electron chi connectivity index (χ2n) is 5.82. The molecule has 2 unspecified atom stereocenters. The van der Waals surface area contributed by atoms with Gasteiger partial charge in [-0.05, 0) is 30.6 Å². The van der Waals surface area contributed by atoms with Gasteiger partial charge in [0.25, 0.3) is 0 Å². The number of carbonyl (C=O) groups is 2. The maximum Gasteiger partial charge on any atom is 0.306 e. The van der Waals surface area contributed by atoms with Crippen molar-refractivity contribution >= 4 is 11.9 Å². The third-order valence-electron chi connectivity index (χ3n) is 4.42. The summed E-state index contributed by atoms with van der Waals surface area (Å²) >= 11 is 0. The van der Waals surface area contributed by atoms with Gasteiger partial charge in [0.1, 0.15) is 0 Å². The molecule has 0 aromatic rings. The highest BCUT2D eigenvalue weighted by atomic mass is 16.4. The van der Waals surface area contributed by atoms with Gasteiger partial charge in [0.15, 0.2) is 0 Å². The van der Waals surface area contributed by atoms with Gasteiger partial charge in [-0.2, -0.15) is 0 Å². The Bertz CT molecular complexity index is 287. The van der Waals surface area contributed by atoms with Gasteiger partial charge >= 0.3 is 11.9 Å². The first-order valence-corrected chi connectivity index (χ1v) is 6.23. The van der Waals surface area contributed by atoms with Crippen molar-refractivity contribution in [2.75, 3.05) is 0 Å². The van der Waals surface area contributed by atoms with Crippen molar-refractivity contribution in [3.63, 3.8) is 0 Å². The summed E-state index contributed by atoms with van der Waals surface area (Å²) in [4.78, 5) is 22.2. The summed E-state index contributed by atoms with van der Waals surface area (Å²) in [6.07, 6.45) is 2.44. The Morgan fingerprint density at radius 3 is 1.76 bits per heavy atom. The Hall–Kier alpha value is -1.06. The molecule has 0 aromatic carbocycles. The first-order valence-electron chi connectivity index (χ1n) is 6.23. The molecular weight excluding hydrogens is 220 g/mol. The number of carboxylic acid groups (broad SMARTS) is 2. The maximum atomic E-state index is 11.1. The molecule has 1 rings (SSSR count). The third kappa shape index (κ3) is 3.20. The Morgan fingerprint density at radius 1 is 1.06 bits per heavy atom. The smallest absolute Gasteiger partial charge is 0.306 e. The van der Waals surface area contributed by atoms with E-state index < -0.39 is 23.8 Å². The summed E-state index contributed by atoms with van der Waals surface area (Å²) < 4.78 is 0. The van der Waals surface area contributed by atoms with Crippen LogP contribution in [-0.2, 0) is 9.59 Å². The van der Waals surface area contributed by atoms with Crippen LogP contribution in [0.4, 0.5) is 0 Å². The van der Waals surface area contributed by atoms with E-state index in [1.54, 1.807) is 0 Å². The quantitative estimate of drug-likeness (QED) is 0.794. The zero-order chi connectivity index (χ0) is 13.2. The van der Waals surface area contributed by atoms with Crippen LogP contribution in [0, 0.1) is 23.2 Å². The lowest BCUT2D eigenvalue weighted by atomic mass is 9.64. The molecule has 98 valence electrons. The molecule has 17 heavy (non-hydrogen) atoms. The van der Waals surface area contributed by atoms with Crippen LogP contribution in [0.1, 0.15) is 46.5 Å². The van der Waals surface area contributed by atoms with Gasteiger partial charge in [0.2, 0.25) is 0 Å². The predicted octanol–water partition coefficient (Wildman–Crippen LogP) is 2.62. The van der Waals surface area contributed by atoms with Gasteiger partial charge in [-0.15, -0.1) is 0 Å². The molecule has 4 heteroatoms. The van der Waals surface area contributed by atoms with E-state index >= 15 is 0 Å². The number of hydrogen-bond donors (Lipinski definition) is 2. The van der Waals surface area contributed by atoms with Gasteiger partial charge in [-0.3, -0.25) is 9.59 Å². The molecule has 1 aliphatic rings. The van der Waals surface area contributed by atoms with Crippen LogP contribution >= 0.6 is 0 Å². The fraction of sp³-hybridized carbons (Fsp3) is 0.846. The second-order valence-corrected chi connectivity index (χ2v) is 5.82. The van der Waals surface area contributed by atoms with Crippen LogP contribution in [-0.4, -0.2) is 22.2 Å². The maximum absolute atomic E-state index is 11.1. The van der Waals surface area contributed by atoms with E-state index in [1.165, 1.54) is 0 Å². The van der Waals surface area contributed by atoms with Gasteiger partial charge in [0, 0.05) is 0 Å². The number of aliphatic carboxylic acids is 2. The zero-order valence-corrected chi connectivity index (χ0v) is 10.8. The van der Waals surface area contributed by atoms with Gasteiger partial charge < -0.3 is 10.2 Å². The molecule has 1 aliphatic carbocycles. The summed E-state index contributed by atoms with van der Waals surface area (Å²) in [7, 11) is 0. The van der Waals surface area contributed by atoms with Crippen LogP contribution in [0.5, 0.6) is 0 Å². The van der Waals surface area contributed by atoms with Crippen LogP contribution in [0.3, 0.4) is 0 Å². The van der Waals surface area contributed by atoms with E-state index in [1.807, 2.05) is 0 Å². The Balaban J connectivity index is 2.86. The molecule has 0 spiro atoms. The molecule has 2 N–H and O–H groups in total. The number of carboxylic acids is 2. The molecule has 2 atom stereocenters. The average Bonchev–Trinajstić information content (AvgIpc) is 2.28. The average molecular weight is 242 g/mol. The zero-order valence-electron chi connectivity index (χ0n) is 10.8. The van der Waals surface area contributed by atoms with Crippen molar-refractivity contribution in [3.05, 3.63) is 0 Å². The minimum atomic E-state index is -0.854. The van der Waals surface area contributed by atoms with E-state index in [2.05, 4.69) is 20.8 Å². The Labute approximate surface area is 102 Å². The molecule has 0 saturated heterocycles. The molecule has 1 saturated carbocycles. The molecule has 0 aromatic heterocycles. The molecular formula is C13H22O4. The fourth-order valence-corrected chi connectivity index (χ4v) is 2.65. The summed E-state index contributed by atoms with van der Waals surface area (Å²) in [5, 5.41) is 18.2. The minimum absolute atomic E-state index is 0.0157. The van der Waals surface area contributed by atoms with E-state index in [9.17, 15) is 9.59 Å². The van der Waals surface area contributed by atoms with Gasteiger partial charge in [-0.25, -0.2) is 0 Å². The van der Waals surface area contributed by atoms with E-state index in [0.717, 1.165) is 6.42 Å². The van der Waals surface area contributed by atoms with Crippen LogP contribution in [0.2, 0.25) is 0 Å². The van der Waals surface area contributed by atoms with Crippen molar-refractivity contribution in [1.29, 1.82) is 0 Å². The minimum Gasteiger partial charge on any atom is -0.481 e. The second kappa shape index (κ2) is 5.07. The topological polar surface area (TPSA) is 74.6 Å². The van der Waals surface area contributed by atoms with Gasteiger partial charge in [0.05, 0.1) is 11.8 Å². The number of hydrogen-bond acceptors (Lipinski definition) is 2. The van der Waals surface area contributed by atoms with Crippen LogP contribution in [0.25, 0.3) is 0 Å². The van der Waals surface area contributed by atoms with E-state index in [0.29, 0.717) is 12.8 Å². The third-order valence-corrected chi connectivity index (χ3v) is 4.42.